The van der Waals surface area contributed by atoms with E-state index >= 15 is 0 Å². The molecule has 0 radical (unpaired) electrons. The monoisotopic (exact) mass is 336 g/mol. The maximum absolute atomic E-state index is 11.1. The van der Waals surface area contributed by atoms with Crippen molar-refractivity contribution in [1.82, 2.24) is 0 Å². The van der Waals surface area contributed by atoms with Gasteiger partial charge in [0.2, 0.25) is 4.38 Å². The minimum absolute atomic E-state index is 0.0717. The van der Waals surface area contributed by atoms with Crippen LogP contribution in [0.2, 0.25) is 0 Å². The predicted octanol–water partition coefficient (Wildman–Crippen LogP) is 2.18. The Hall–Kier alpha value is -1.38. The van der Waals surface area contributed by atoms with E-state index in [-0.39, 0.29) is 15.9 Å². The first-order chi connectivity index (χ1) is 9.77. The molecule has 0 heterocycles. The minimum atomic E-state index is -0.866. The maximum Gasteiger partial charge on any atom is 0.225 e. The van der Waals surface area contributed by atoms with Crippen molar-refractivity contribution in [3.8, 4) is 0 Å². The van der Waals surface area contributed by atoms with Crippen molar-refractivity contribution in [2.24, 2.45) is 0 Å². The fraction of sp³-hybridized carbons (Fsp3) is 0.222. The van der Waals surface area contributed by atoms with Crippen molar-refractivity contribution in [3.05, 3.63) is 27.8 Å². The van der Waals surface area contributed by atoms with E-state index in [0.29, 0.717) is 11.8 Å². The fourth-order valence-corrected chi connectivity index (χ4v) is 2.51. The van der Waals surface area contributed by atoms with Gasteiger partial charge in [-0.15, -0.1) is 5.23 Å². The molecule has 118 valence electrons. The van der Waals surface area contributed by atoms with Crippen LogP contribution < -0.4 is 15.7 Å². The molecule has 12 heteroatoms. The van der Waals surface area contributed by atoms with Crippen LogP contribution in [-0.4, -0.2) is 26.6 Å². The molecular weight excluding hydrogens is 326 g/mol. The summed E-state index contributed by atoms with van der Waals surface area (Å²) in [6.07, 6.45) is 0. The normalized spacial score (nSPS) is 10.2. The number of hydrogen-bond donors (Lipinski definition) is 3. The highest BCUT2D eigenvalue weighted by atomic mass is 32.2. The number of hydrogen-bond acceptors (Lipinski definition) is 12. The molecule has 0 aliphatic carbocycles. The number of thioether (sulfide) groups is 1. The Balaban J connectivity index is 3.39. The van der Waals surface area contributed by atoms with Crippen LogP contribution in [-0.2, 0) is 4.74 Å². The van der Waals surface area contributed by atoms with Gasteiger partial charge < -0.3 is 30.8 Å². The first-order valence-corrected chi connectivity index (χ1v) is 6.51. The summed E-state index contributed by atoms with van der Waals surface area (Å²) in [7, 11) is 0. The molecule has 0 unspecified atom stereocenters. The van der Waals surface area contributed by atoms with Gasteiger partial charge in [-0.1, -0.05) is 0 Å². The molecule has 21 heavy (non-hydrogen) atoms. The van der Waals surface area contributed by atoms with Crippen LogP contribution >= 0.6 is 24.0 Å². The molecule has 0 spiro atoms. The van der Waals surface area contributed by atoms with Crippen LogP contribution in [0.1, 0.15) is 6.92 Å². The number of benzene rings is 1. The molecule has 0 amide bonds. The zero-order valence-electron chi connectivity index (χ0n) is 10.5. The number of ether oxygens (including phenoxy) is 1. The highest BCUT2D eigenvalue weighted by molar-refractivity contribution is 8.22. The van der Waals surface area contributed by atoms with Gasteiger partial charge in [-0.05, 0) is 43.0 Å². The third-order valence-electron chi connectivity index (χ3n) is 2.11. The van der Waals surface area contributed by atoms with Crippen LogP contribution in [0.15, 0.2) is 17.0 Å². The van der Waals surface area contributed by atoms with Crippen LogP contribution in [0.4, 0.5) is 17.1 Å². The quantitative estimate of drug-likeness (QED) is 0.411. The lowest BCUT2D eigenvalue weighted by atomic mass is 10.2. The lowest BCUT2D eigenvalue weighted by molar-refractivity contribution is 0.0277. The molecule has 0 saturated heterocycles. The Bertz CT molecular complexity index is 483. The molecule has 0 aliphatic heterocycles. The van der Waals surface area contributed by atoms with Crippen LogP contribution in [0.3, 0.4) is 0 Å². The molecule has 3 N–H and O–H groups in total. The van der Waals surface area contributed by atoms with Crippen molar-refractivity contribution in [3.63, 3.8) is 0 Å². The first kappa shape index (κ1) is 17.7. The van der Waals surface area contributed by atoms with Gasteiger partial charge in [-0.3, -0.25) is 15.6 Å². The zero-order chi connectivity index (χ0) is 16.2. The summed E-state index contributed by atoms with van der Waals surface area (Å²) in [5.41, 5.74) is -1.73. The Morgan fingerprint density at radius 1 is 1.24 bits per heavy atom. The highest BCUT2D eigenvalue weighted by Gasteiger charge is 2.18. The van der Waals surface area contributed by atoms with Crippen molar-refractivity contribution >= 4 is 45.4 Å². The SMILES string of the molecule is CCOC(=S)Sc1c(N([O-])O)cc(N([O-])[O-])cc1N(O)O. The van der Waals surface area contributed by atoms with E-state index in [9.17, 15) is 15.6 Å². The van der Waals surface area contributed by atoms with E-state index in [2.05, 4.69) is 0 Å². The van der Waals surface area contributed by atoms with Crippen LogP contribution in [0, 0.1) is 15.6 Å². The molecule has 0 atom stereocenters. The van der Waals surface area contributed by atoms with Gasteiger partial charge in [0.15, 0.2) is 0 Å². The molecular formula is C9H10N3O7S2-3. The third kappa shape index (κ3) is 4.55. The summed E-state index contributed by atoms with van der Waals surface area (Å²) in [6, 6.07) is 1.56. The Morgan fingerprint density at radius 3 is 2.24 bits per heavy atom. The van der Waals surface area contributed by atoms with Crippen molar-refractivity contribution in [1.29, 1.82) is 0 Å². The average molecular weight is 336 g/mol. The summed E-state index contributed by atoms with van der Waals surface area (Å²) in [5, 5.41) is 58.0. The van der Waals surface area contributed by atoms with E-state index in [1.54, 1.807) is 6.92 Å². The second-order valence-corrected chi connectivity index (χ2v) is 5.03. The Kier molecular flexibility index (Phi) is 6.38. The Labute approximate surface area is 128 Å². The number of anilines is 3. The van der Waals surface area contributed by atoms with E-state index in [0.717, 1.165) is 12.1 Å². The number of thiocarbonyl (C=S) groups is 1. The van der Waals surface area contributed by atoms with Gasteiger partial charge in [0, 0.05) is 5.69 Å². The summed E-state index contributed by atoms with van der Waals surface area (Å²) < 4.78 is 4.90. The van der Waals surface area contributed by atoms with E-state index < -0.39 is 32.7 Å². The summed E-state index contributed by atoms with van der Waals surface area (Å²) in [4.78, 5) is -0.221. The molecule has 0 fully saturated rings. The molecule has 0 aliphatic rings. The van der Waals surface area contributed by atoms with Gasteiger partial charge in [-0.25, -0.2) is 0 Å². The second kappa shape index (κ2) is 7.58. The lowest BCUT2D eigenvalue weighted by Gasteiger charge is -2.39. The minimum Gasteiger partial charge on any atom is -0.769 e. The summed E-state index contributed by atoms with van der Waals surface area (Å²) in [6.45, 7) is 1.88. The molecule has 1 aromatic carbocycles. The van der Waals surface area contributed by atoms with E-state index in [1.165, 1.54) is 0 Å². The van der Waals surface area contributed by atoms with Crippen LogP contribution in [0.5, 0.6) is 0 Å². The van der Waals surface area contributed by atoms with Gasteiger partial charge >= 0.3 is 0 Å². The molecule has 0 bridgehead atoms. The lowest BCUT2D eigenvalue weighted by Crippen LogP contribution is -2.17. The van der Waals surface area contributed by atoms with Gasteiger partial charge in [0.25, 0.3) is 0 Å². The third-order valence-corrected chi connectivity index (χ3v) is 3.39. The molecule has 10 nitrogen and oxygen atoms in total. The highest BCUT2D eigenvalue weighted by Crippen LogP contribution is 2.41. The molecule has 0 aromatic heterocycles. The molecule has 1 aromatic rings. The smallest absolute Gasteiger partial charge is 0.225 e. The average Bonchev–Trinajstić information content (AvgIpc) is 2.37. The van der Waals surface area contributed by atoms with Crippen LogP contribution in [0.25, 0.3) is 0 Å². The van der Waals surface area contributed by atoms with Crippen molar-refractivity contribution < 1.29 is 20.4 Å². The van der Waals surface area contributed by atoms with Gasteiger partial charge in [-0.2, -0.15) is 0 Å². The fourth-order valence-electron chi connectivity index (χ4n) is 1.32. The first-order valence-electron chi connectivity index (χ1n) is 5.29. The van der Waals surface area contributed by atoms with Gasteiger partial charge in [0.05, 0.1) is 17.2 Å². The van der Waals surface area contributed by atoms with E-state index in [4.69, 9.17) is 32.6 Å². The maximum atomic E-state index is 11.1. The van der Waals surface area contributed by atoms with E-state index in [1.807, 2.05) is 0 Å². The standard InChI is InChI=1S/C9H10N3O7S2/c1-2-19-9(20)21-8-6(11(15)16)3-5(10(13)14)4-7(8)12(17)18/h3-4,15-17H,2H2,1H3/q-3. The Morgan fingerprint density at radius 2 is 1.81 bits per heavy atom. The number of rotatable bonds is 5. The zero-order valence-corrected chi connectivity index (χ0v) is 12.1. The van der Waals surface area contributed by atoms with Crippen molar-refractivity contribution in [2.45, 2.75) is 11.8 Å². The largest absolute Gasteiger partial charge is 0.769 e. The topological polar surface area (TPSA) is 149 Å². The molecule has 1 rings (SSSR count). The van der Waals surface area contributed by atoms with Gasteiger partial charge in [0.1, 0.15) is 5.69 Å². The number of nitrogens with zero attached hydrogens (tertiary/aromatic N) is 3. The predicted molar refractivity (Wildman–Crippen MR) is 79.4 cm³/mol. The second-order valence-electron chi connectivity index (χ2n) is 3.42. The van der Waals surface area contributed by atoms with Crippen molar-refractivity contribution in [2.75, 3.05) is 22.3 Å². The molecule has 0 saturated carbocycles. The summed E-state index contributed by atoms with van der Waals surface area (Å²) >= 11 is 5.46. The summed E-state index contributed by atoms with van der Waals surface area (Å²) in [5.74, 6) is 0.